The molecule has 5 heteroatoms. The van der Waals surface area contributed by atoms with Crippen LogP contribution in [-0.2, 0) is 5.75 Å². The monoisotopic (exact) mass is 341 g/mol. The summed E-state index contributed by atoms with van der Waals surface area (Å²) in [6, 6.07) is 10.5. The van der Waals surface area contributed by atoms with E-state index in [9.17, 15) is 4.39 Å². The van der Waals surface area contributed by atoms with Crippen LogP contribution in [0, 0.1) is 5.82 Å². The topological polar surface area (TPSA) is 35.2 Å². The largest absolute Gasteiger partial charge is 0.497 e. The summed E-state index contributed by atoms with van der Waals surface area (Å²) in [6.07, 6.45) is 0. The lowest BCUT2D eigenvalue weighted by molar-refractivity contribution is 0.411. The minimum Gasteiger partial charge on any atom is -0.497 e. The number of rotatable bonds is 4. The molecule has 2 rings (SSSR count). The minimum absolute atomic E-state index is 0.251. The molecule has 0 spiro atoms. The van der Waals surface area contributed by atoms with Crippen molar-refractivity contribution in [3.05, 3.63) is 52.3 Å². The van der Waals surface area contributed by atoms with Gasteiger partial charge in [-0.1, -0.05) is 6.07 Å². The molecule has 2 aromatic carbocycles. The maximum absolute atomic E-state index is 13.8. The lowest BCUT2D eigenvalue weighted by atomic mass is 10.2. The lowest BCUT2D eigenvalue weighted by Crippen LogP contribution is -1.91. The van der Waals surface area contributed by atoms with Crippen LogP contribution < -0.4 is 10.5 Å². The van der Waals surface area contributed by atoms with Crippen molar-refractivity contribution in [1.29, 1.82) is 0 Å². The molecular weight excluding hydrogens is 329 g/mol. The molecule has 0 saturated carbocycles. The van der Waals surface area contributed by atoms with E-state index < -0.39 is 0 Å². The SMILES string of the molecule is COc1ccc(CSc2ccc(N)cc2Br)c(F)c1. The van der Waals surface area contributed by atoms with Crippen LogP contribution in [0.2, 0.25) is 0 Å². The van der Waals surface area contributed by atoms with E-state index in [1.807, 2.05) is 18.2 Å². The van der Waals surface area contributed by atoms with Crippen molar-refractivity contribution in [2.75, 3.05) is 12.8 Å². The van der Waals surface area contributed by atoms with E-state index in [0.29, 0.717) is 22.8 Å². The molecule has 0 amide bonds. The molecule has 19 heavy (non-hydrogen) atoms. The predicted molar refractivity (Wildman–Crippen MR) is 81.1 cm³/mol. The van der Waals surface area contributed by atoms with Crippen molar-refractivity contribution in [1.82, 2.24) is 0 Å². The van der Waals surface area contributed by atoms with E-state index >= 15 is 0 Å². The molecule has 0 aliphatic rings. The van der Waals surface area contributed by atoms with Crippen LogP contribution in [0.25, 0.3) is 0 Å². The number of methoxy groups -OCH3 is 1. The average molecular weight is 342 g/mol. The Bertz CT molecular complexity index is 592. The first-order valence-corrected chi connectivity index (χ1v) is 7.38. The van der Waals surface area contributed by atoms with Crippen LogP contribution in [0.5, 0.6) is 5.75 Å². The Morgan fingerprint density at radius 1 is 1.26 bits per heavy atom. The Morgan fingerprint density at radius 2 is 2.05 bits per heavy atom. The molecule has 0 bridgehead atoms. The molecule has 0 unspecified atom stereocenters. The number of thioether (sulfide) groups is 1. The molecule has 2 aromatic rings. The highest BCUT2D eigenvalue weighted by molar-refractivity contribution is 9.10. The Kier molecular flexibility index (Phi) is 4.71. The summed E-state index contributed by atoms with van der Waals surface area (Å²) in [7, 11) is 1.52. The van der Waals surface area contributed by atoms with Gasteiger partial charge in [0.15, 0.2) is 0 Å². The van der Waals surface area contributed by atoms with E-state index in [1.54, 1.807) is 23.9 Å². The lowest BCUT2D eigenvalue weighted by Gasteiger charge is -2.07. The molecule has 0 aromatic heterocycles. The quantitative estimate of drug-likeness (QED) is 0.658. The van der Waals surface area contributed by atoms with Crippen LogP contribution >= 0.6 is 27.7 Å². The van der Waals surface area contributed by atoms with Gasteiger partial charge in [0.05, 0.1) is 7.11 Å². The summed E-state index contributed by atoms with van der Waals surface area (Å²) in [5.41, 5.74) is 7.03. The Morgan fingerprint density at radius 3 is 2.68 bits per heavy atom. The Balaban J connectivity index is 2.10. The van der Waals surface area contributed by atoms with Gasteiger partial charge in [0, 0.05) is 26.9 Å². The summed E-state index contributed by atoms with van der Waals surface area (Å²) in [5, 5.41) is 0. The van der Waals surface area contributed by atoms with Gasteiger partial charge in [-0.05, 0) is 45.8 Å². The molecule has 0 fully saturated rings. The summed E-state index contributed by atoms with van der Waals surface area (Å²) in [6.45, 7) is 0. The number of anilines is 1. The Labute approximate surface area is 124 Å². The number of hydrogen-bond acceptors (Lipinski definition) is 3. The molecule has 0 aliphatic heterocycles. The number of nitrogens with two attached hydrogens (primary N) is 1. The molecule has 0 atom stereocenters. The molecule has 0 saturated heterocycles. The van der Waals surface area contributed by atoms with Crippen LogP contribution in [-0.4, -0.2) is 7.11 Å². The van der Waals surface area contributed by atoms with Crippen LogP contribution in [0.3, 0.4) is 0 Å². The van der Waals surface area contributed by atoms with Crippen molar-refractivity contribution in [3.8, 4) is 5.75 Å². The molecule has 2 nitrogen and oxygen atoms in total. The molecule has 0 heterocycles. The van der Waals surface area contributed by atoms with E-state index in [2.05, 4.69) is 15.9 Å². The summed E-state index contributed by atoms with van der Waals surface area (Å²) >= 11 is 5.00. The highest BCUT2D eigenvalue weighted by Gasteiger charge is 2.07. The van der Waals surface area contributed by atoms with Gasteiger partial charge >= 0.3 is 0 Å². The molecule has 100 valence electrons. The maximum atomic E-state index is 13.8. The van der Waals surface area contributed by atoms with Gasteiger partial charge in [-0.25, -0.2) is 4.39 Å². The third-order valence-corrected chi connectivity index (χ3v) is 4.64. The third kappa shape index (κ3) is 3.64. The first kappa shape index (κ1) is 14.2. The fourth-order valence-corrected chi connectivity index (χ4v) is 3.21. The maximum Gasteiger partial charge on any atom is 0.130 e. The van der Waals surface area contributed by atoms with Crippen LogP contribution in [0.1, 0.15) is 5.56 Å². The summed E-state index contributed by atoms with van der Waals surface area (Å²) in [4.78, 5) is 1.03. The number of halogens is 2. The highest BCUT2D eigenvalue weighted by Crippen LogP contribution is 2.32. The zero-order valence-corrected chi connectivity index (χ0v) is 12.7. The first-order valence-electron chi connectivity index (χ1n) is 5.60. The average Bonchev–Trinajstić information content (AvgIpc) is 2.39. The fraction of sp³-hybridized carbons (Fsp3) is 0.143. The zero-order valence-electron chi connectivity index (χ0n) is 10.3. The highest BCUT2D eigenvalue weighted by atomic mass is 79.9. The second-order valence-electron chi connectivity index (χ2n) is 3.94. The van der Waals surface area contributed by atoms with Gasteiger partial charge < -0.3 is 10.5 Å². The summed E-state index contributed by atoms with van der Waals surface area (Å²) < 4.78 is 19.7. The standard InChI is InChI=1S/C14H13BrFNOS/c1-18-11-4-2-9(13(16)7-11)8-19-14-5-3-10(17)6-12(14)15/h2-7H,8,17H2,1H3. The van der Waals surface area contributed by atoms with E-state index in [0.717, 1.165) is 9.37 Å². The van der Waals surface area contributed by atoms with Gasteiger partial charge in [-0.2, -0.15) is 0 Å². The smallest absolute Gasteiger partial charge is 0.130 e. The van der Waals surface area contributed by atoms with Gasteiger partial charge in [-0.3, -0.25) is 0 Å². The summed E-state index contributed by atoms with van der Waals surface area (Å²) in [5.74, 6) is 0.830. The van der Waals surface area contributed by atoms with E-state index in [-0.39, 0.29) is 5.82 Å². The fourth-order valence-electron chi connectivity index (χ4n) is 1.56. The second kappa shape index (κ2) is 6.30. The second-order valence-corrected chi connectivity index (χ2v) is 5.81. The molecule has 0 radical (unpaired) electrons. The van der Waals surface area contributed by atoms with Gasteiger partial charge in [0.2, 0.25) is 0 Å². The Hall–Kier alpha value is -1.20. The first-order chi connectivity index (χ1) is 9.10. The van der Waals surface area contributed by atoms with Crippen molar-refractivity contribution in [3.63, 3.8) is 0 Å². The van der Waals surface area contributed by atoms with E-state index in [4.69, 9.17) is 10.5 Å². The minimum atomic E-state index is -0.251. The molecule has 2 N–H and O–H groups in total. The number of ether oxygens (including phenoxy) is 1. The van der Waals surface area contributed by atoms with E-state index in [1.165, 1.54) is 13.2 Å². The van der Waals surface area contributed by atoms with Gasteiger partial charge in [-0.15, -0.1) is 11.8 Å². The number of nitrogen functional groups attached to an aromatic ring is 1. The zero-order chi connectivity index (χ0) is 13.8. The third-order valence-electron chi connectivity index (χ3n) is 2.60. The molecule has 0 aliphatic carbocycles. The van der Waals surface area contributed by atoms with Gasteiger partial charge in [0.1, 0.15) is 11.6 Å². The van der Waals surface area contributed by atoms with Crippen molar-refractivity contribution >= 4 is 33.4 Å². The van der Waals surface area contributed by atoms with Crippen molar-refractivity contribution in [2.24, 2.45) is 0 Å². The van der Waals surface area contributed by atoms with Gasteiger partial charge in [0.25, 0.3) is 0 Å². The molecular formula is C14H13BrFNOS. The van der Waals surface area contributed by atoms with Crippen molar-refractivity contribution < 1.29 is 9.13 Å². The number of hydrogen-bond donors (Lipinski definition) is 1. The predicted octanol–water partition coefficient (Wildman–Crippen LogP) is 4.47. The van der Waals surface area contributed by atoms with Crippen LogP contribution in [0.15, 0.2) is 45.8 Å². The van der Waals surface area contributed by atoms with Crippen LogP contribution in [0.4, 0.5) is 10.1 Å². The number of benzene rings is 2. The van der Waals surface area contributed by atoms with Crippen molar-refractivity contribution in [2.45, 2.75) is 10.6 Å². The normalized spacial score (nSPS) is 10.5.